The van der Waals surface area contributed by atoms with E-state index in [2.05, 4.69) is 67.3 Å². The van der Waals surface area contributed by atoms with Crippen molar-refractivity contribution in [3.63, 3.8) is 0 Å². The van der Waals surface area contributed by atoms with Gasteiger partial charge < -0.3 is 15.1 Å². The summed E-state index contributed by atoms with van der Waals surface area (Å²) < 4.78 is 0. The lowest BCUT2D eigenvalue weighted by molar-refractivity contribution is 0.315. The van der Waals surface area contributed by atoms with Crippen LogP contribution >= 0.6 is 0 Å². The maximum Gasteiger partial charge on any atom is 0.0415 e. The summed E-state index contributed by atoms with van der Waals surface area (Å²) in [7, 11) is 4.38. The molecule has 2 rings (SSSR count). The van der Waals surface area contributed by atoms with E-state index in [1.54, 1.807) is 0 Å². The zero-order chi connectivity index (χ0) is 14.5. The molecule has 0 amide bonds. The van der Waals surface area contributed by atoms with Crippen LogP contribution in [-0.4, -0.2) is 44.7 Å². The maximum atomic E-state index is 3.61. The number of para-hydroxylation sites is 1. The number of hydrogen-bond donors (Lipinski definition) is 1. The molecule has 0 saturated carbocycles. The summed E-state index contributed by atoms with van der Waals surface area (Å²) in [6, 6.07) is 10.1. The third-order valence-corrected chi connectivity index (χ3v) is 4.41. The highest BCUT2D eigenvalue weighted by atomic mass is 15.2. The predicted molar refractivity (Wildman–Crippen MR) is 87.5 cm³/mol. The van der Waals surface area contributed by atoms with Gasteiger partial charge in [-0.3, -0.25) is 0 Å². The zero-order valence-electron chi connectivity index (χ0n) is 13.4. The molecule has 1 aliphatic rings. The van der Waals surface area contributed by atoms with Crippen molar-refractivity contribution in [1.82, 2.24) is 10.2 Å². The lowest BCUT2D eigenvalue weighted by atomic mass is 10.0. The number of benzene rings is 1. The Morgan fingerprint density at radius 3 is 2.65 bits per heavy atom. The van der Waals surface area contributed by atoms with E-state index in [1.807, 2.05) is 0 Å². The minimum Gasteiger partial charge on any atom is -0.370 e. The van der Waals surface area contributed by atoms with E-state index < -0.39 is 0 Å². The van der Waals surface area contributed by atoms with E-state index in [0.29, 0.717) is 12.1 Å². The van der Waals surface area contributed by atoms with Gasteiger partial charge in [0.05, 0.1) is 0 Å². The van der Waals surface area contributed by atoms with Crippen molar-refractivity contribution in [1.29, 1.82) is 0 Å². The number of likely N-dealkylation sites (N-methyl/N-ethyl adjacent to an activating group) is 1. The van der Waals surface area contributed by atoms with E-state index >= 15 is 0 Å². The molecular weight excluding hydrogens is 246 g/mol. The molecule has 3 heteroatoms. The van der Waals surface area contributed by atoms with Crippen LogP contribution in [0.2, 0.25) is 0 Å². The van der Waals surface area contributed by atoms with Gasteiger partial charge in [0.25, 0.3) is 0 Å². The van der Waals surface area contributed by atoms with Crippen molar-refractivity contribution in [2.45, 2.75) is 38.8 Å². The Morgan fingerprint density at radius 1 is 1.30 bits per heavy atom. The van der Waals surface area contributed by atoms with Crippen LogP contribution in [0.25, 0.3) is 0 Å². The first-order valence-electron chi connectivity index (χ1n) is 7.91. The second kappa shape index (κ2) is 7.09. The molecule has 2 atom stereocenters. The molecule has 1 N–H and O–H groups in total. The highest BCUT2D eigenvalue weighted by molar-refractivity contribution is 5.56. The fourth-order valence-electron chi connectivity index (χ4n) is 3.17. The molecule has 1 fully saturated rings. The third-order valence-electron chi connectivity index (χ3n) is 4.41. The third kappa shape index (κ3) is 3.33. The molecule has 1 aliphatic heterocycles. The molecule has 1 heterocycles. The standard InChI is InChI=1S/C17H29N3/c1-5-16(18-6-2)15-9-7-8-10-17(15)20-12-11-14(13-20)19(3)4/h7-10,14,16,18H,5-6,11-13H2,1-4H3. The number of hydrogen-bond acceptors (Lipinski definition) is 3. The number of nitrogens with one attached hydrogen (secondary N) is 1. The van der Waals surface area contributed by atoms with Crippen LogP contribution in [0.4, 0.5) is 5.69 Å². The van der Waals surface area contributed by atoms with Crippen molar-refractivity contribution in [2.24, 2.45) is 0 Å². The fraction of sp³-hybridized carbons (Fsp3) is 0.647. The average Bonchev–Trinajstić information content (AvgIpc) is 2.95. The van der Waals surface area contributed by atoms with Gasteiger partial charge in [-0.15, -0.1) is 0 Å². The minimum atomic E-state index is 0.467. The second-order valence-corrected chi connectivity index (χ2v) is 5.93. The maximum absolute atomic E-state index is 3.61. The van der Waals surface area contributed by atoms with Gasteiger partial charge >= 0.3 is 0 Å². The molecule has 1 aromatic carbocycles. The summed E-state index contributed by atoms with van der Waals surface area (Å²) in [5, 5.41) is 3.61. The van der Waals surface area contributed by atoms with Crippen molar-refractivity contribution in [3.8, 4) is 0 Å². The first-order chi connectivity index (χ1) is 9.67. The van der Waals surface area contributed by atoms with E-state index in [1.165, 1.54) is 24.2 Å². The van der Waals surface area contributed by atoms with Crippen LogP contribution in [0.1, 0.15) is 38.3 Å². The normalized spacial score (nSPS) is 20.6. The van der Waals surface area contributed by atoms with E-state index in [-0.39, 0.29) is 0 Å². The fourth-order valence-corrected chi connectivity index (χ4v) is 3.17. The van der Waals surface area contributed by atoms with Crippen molar-refractivity contribution in [2.75, 3.05) is 38.6 Å². The molecule has 1 saturated heterocycles. The minimum absolute atomic E-state index is 0.467. The van der Waals surface area contributed by atoms with Crippen LogP contribution in [0.5, 0.6) is 0 Å². The monoisotopic (exact) mass is 275 g/mol. The van der Waals surface area contributed by atoms with Gasteiger partial charge in [0.15, 0.2) is 0 Å². The average molecular weight is 275 g/mol. The van der Waals surface area contributed by atoms with E-state index in [4.69, 9.17) is 0 Å². The summed E-state index contributed by atoms with van der Waals surface area (Å²) in [6.45, 7) is 7.78. The summed E-state index contributed by atoms with van der Waals surface area (Å²) >= 11 is 0. The molecule has 2 unspecified atom stereocenters. The Bertz CT molecular complexity index is 416. The number of nitrogens with zero attached hydrogens (tertiary/aromatic N) is 2. The van der Waals surface area contributed by atoms with Gasteiger partial charge in [0.2, 0.25) is 0 Å². The summed E-state index contributed by atoms with van der Waals surface area (Å²) in [5.41, 5.74) is 2.88. The van der Waals surface area contributed by atoms with Crippen molar-refractivity contribution in [3.05, 3.63) is 29.8 Å². The molecule has 0 bridgehead atoms. The molecule has 1 aromatic rings. The Kier molecular flexibility index (Phi) is 5.44. The summed E-state index contributed by atoms with van der Waals surface area (Å²) in [6.07, 6.45) is 2.40. The van der Waals surface area contributed by atoms with Crippen molar-refractivity contribution >= 4 is 5.69 Å². The molecule has 3 nitrogen and oxygen atoms in total. The molecule has 0 radical (unpaired) electrons. The van der Waals surface area contributed by atoms with Gasteiger partial charge in [-0.2, -0.15) is 0 Å². The Morgan fingerprint density at radius 2 is 2.05 bits per heavy atom. The predicted octanol–water partition coefficient (Wildman–Crippen LogP) is 2.89. The van der Waals surface area contributed by atoms with Gasteiger partial charge in [-0.25, -0.2) is 0 Å². The van der Waals surface area contributed by atoms with E-state index in [9.17, 15) is 0 Å². The van der Waals surface area contributed by atoms with Crippen LogP contribution in [-0.2, 0) is 0 Å². The SMILES string of the molecule is CCNC(CC)c1ccccc1N1CCC(N(C)C)C1. The van der Waals surface area contributed by atoms with Crippen LogP contribution in [0, 0.1) is 0 Å². The Balaban J connectivity index is 2.20. The molecule has 0 aliphatic carbocycles. The van der Waals surface area contributed by atoms with Crippen LogP contribution < -0.4 is 10.2 Å². The molecule has 0 spiro atoms. The number of rotatable bonds is 6. The summed E-state index contributed by atoms with van der Waals surface area (Å²) in [4.78, 5) is 4.91. The Labute approximate surface area is 124 Å². The first-order valence-corrected chi connectivity index (χ1v) is 7.91. The molecule has 0 aromatic heterocycles. The first kappa shape index (κ1) is 15.3. The smallest absolute Gasteiger partial charge is 0.0415 e. The van der Waals surface area contributed by atoms with Gasteiger partial charge in [0, 0.05) is 30.9 Å². The molecule has 112 valence electrons. The second-order valence-electron chi connectivity index (χ2n) is 5.93. The highest BCUT2D eigenvalue weighted by Gasteiger charge is 2.26. The topological polar surface area (TPSA) is 18.5 Å². The Hall–Kier alpha value is -1.06. The van der Waals surface area contributed by atoms with Crippen LogP contribution in [0.15, 0.2) is 24.3 Å². The lowest BCUT2D eigenvalue weighted by Gasteiger charge is -2.27. The quantitative estimate of drug-likeness (QED) is 0.861. The number of anilines is 1. The van der Waals surface area contributed by atoms with Gasteiger partial charge in [-0.05, 0) is 45.1 Å². The molecule has 20 heavy (non-hydrogen) atoms. The summed E-state index contributed by atoms with van der Waals surface area (Å²) in [5.74, 6) is 0. The molecular formula is C17H29N3. The van der Waals surface area contributed by atoms with Gasteiger partial charge in [0.1, 0.15) is 0 Å². The lowest BCUT2D eigenvalue weighted by Crippen LogP contribution is -2.32. The largest absolute Gasteiger partial charge is 0.370 e. The highest BCUT2D eigenvalue weighted by Crippen LogP contribution is 2.31. The van der Waals surface area contributed by atoms with E-state index in [0.717, 1.165) is 19.5 Å². The van der Waals surface area contributed by atoms with Crippen molar-refractivity contribution < 1.29 is 0 Å². The zero-order valence-corrected chi connectivity index (χ0v) is 13.4. The van der Waals surface area contributed by atoms with Gasteiger partial charge in [-0.1, -0.05) is 32.0 Å². The van der Waals surface area contributed by atoms with Crippen LogP contribution in [0.3, 0.4) is 0 Å².